The Hall–Kier alpha value is -2.57. The molecular formula is C30H51N3O4. The van der Waals surface area contributed by atoms with Gasteiger partial charge >= 0.3 is 6.09 Å². The fraction of sp³-hybridized carbons (Fsp3) is 0.700. The van der Waals surface area contributed by atoms with E-state index in [9.17, 15) is 14.4 Å². The van der Waals surface area contributed by atoms with E-state index >= 15 is 0 Å². The van der Waals surface area contributed by atoms with E-state index in [1.54, 1.807) is 25.7 Å². The Balaban J connectivity index is 3.34. The van der Waals surface area contributed by atoms with Crippen molar-refractivity contribution in [1.82, 2.24) is 15.5 Å². The lowest BCUT2D eigenvalue weighted by atomic mass is 9.98. The molecule has 0 bridgehead atoms. The third-order valence-corrected chi connectivity index (χ3v) is 5.84. The molecule has 0 saturated carbocycles. The normalized spacial score (nSPS) is 13.2. The number of nitrogens with zero attached hydrogens (tertiary/aromatic N) is 1. The van der Waals surface area contributed by atoms with Crippen LogP contribution in [0.5, 0.6) is 0 Å². The number of ether oxygens (including phenoxy) is 1. The summed E-state index contributed by atoms with van der Waals surface area (Å²) in [6.45, 7) is 15.8. The van der Waals surface area contributed by atoms with Crippen molar-refractivity contribution in [3.63, 3.8) is 0 Å². The van der Waals surface area contributed by atoms with Crippen LogP contribution >= 0.6 is 0 Å². The van der Waals surface area contributed by atoms with Gasteiger partial charge in [-0.3, -0.25) is 9.59 Å². The third kappa shape index (κ3) is 13.0. The van der Waals surface area contributed by atoms with Gasteiger partial charge in [0.1, 0.15) is 17.7 Å². The maximum Gasteiger partial charge on any atom is 0.408 e. The summed E-state index contributed by atoms with van der Waals surface area (Å²) in [5, 5.41) is 5.81. The van der Waals surface area contributed by atoms with E-state index in [0.717, 1.165) is 31.2 Å². The van der Waals surface area contributed by atoms with Gasteiger partial charge in [0.2, 0.25) is 11.8 Å². The molecule has 210 valence electrons. The topological polar surface area (TPSA) is 87.7 Å². The Labute approximate surface area is 225 Å². The third-order valence-electron chi connectivity index (χ3n) is 5.84. The number of benzene rings is 1. The van der Waals surface area contributed by atoms with Crippen LogP contribution < -0.4 is 10.6 Å². The summed E-state index contributed by atoms with van der Waals surface area (Å²) >= 11 is 0. The first-order valence-corrected chi connectivity index (χ1v) is 14.0. The highest BCUT2D eigenvalue weighted by Gasteiger charge is 2.36. The van der Waals surface area contributed by atoms with Crippen molar-refractivity contribution < 1.29 is 19.1 Å². The van der Waals surface area contributed by atoms with Crippen molar-refractivity contribution in [3.8, 4) is 0 Å². The van der Waals surface area contributed by atoms with E-state index in [2.05, 4.69) is 17.6 Å². The van der Waals surface area contributed by atoms with Crippen LogP contribution in [0.4, 0.5) is 4.79 Å². The fourth-order valence-electron chi connectivity index (χ4n) is 4.24. The number of carbonyl (C=O) groups excluding carboxylic acids is 3. The molecule has 2 atom stereocenters. The molecule has 1 aromatic rings. The van der Waals surface area contributed by atoms with Gasteiger partial charge in [-0.1, -0.05) is 83.2 Å². The molecule has 1 rings (SSSR count). The lowest BCUT2D eigenvalue weighted by Gasteiger charge is -2.35. The molecule has 0 saturated heterocycles. The maximum atomic E-state index is 14.1. The molecule has 37 heavy (non-hydrogen) atoms. The summed E-state index contributed by atoms with van der Waals surface area (Å²) in [7, 11) is 0. The monoisotopic (exact) mass is 517 g/mol. The summed E-state index contributed by atoms with van der Waals surface area (Å²) in [5.74, 6) is -0.332. The SMILES string of the molecule is CCCCCCCCN(C(=O)C(CC(C)C)NC(=O)OC(C)(C)C)C(C(=O)NC(C)C)c1ccccc1. The lowest BCUT2D eigenvalue weighted by Crippen LogP contribution is -2.54. The van der Waals surface area contributed by atoms with Crippen molar-refractivity contribution >= 4 is 17.9 Å². The molecule has 0 aromatic heterocycles. The van der Waals surface area contributed by atoms with E-state index in [0.29, 0.717) is 13.0 Å². The number of hydrogen-bond donors (Lipinski definition) is 2. The quantitative estimate of drug-likeness (QED) is 0.264. The molecule has 2 unspecified atom stereocenters. The molecule has 0 aliphatic carbocycles. The molecule has 0 radical (unpaired) electrons. The minimum atomic E-state index is -0.798. The largest absolute Gasteiger partial charge is 0.444 e. The molecule has 2 N–H and O–H groups in total. The first kappa shape index (κ1) is 32.5. The summed E-state index contributed by atoms with van der Waals surface area (Å²) in [4.78, 5) is 42.0. The van der Waals surface area contributed by atoms with Crippen LogP contribution in [0.3, 0.4) is 0 Å². The number of carbonyl (C=O) groups is 3. The molecular weight excluding hydrogens is 466 g/mol. The summed E-state index contributed by atoms with van der Waals surface area (Å²) < 4.78 is 5.46. The summed E-state index contributed by atoms with van der Waals surface area (Å²) in [6, 6.07) is 7.75. The predicted octanol–water partition coefficient (Wildman–Crippen LogP) is 6.38. The minimum Gasteiger partial charge on any atom is -0.444 e. The summed E-state index contributed by atoms with van der Waals surface area (Å²) in [6.07, 6.45) is 6.20. The Morgan fingerprint density at radius 3 is 2.03 bits per heavy atom. The second kappa shape index (κ2) is 16.3. The van der Waals surface area contributed by atoms with Gasteiger partial charge in [0, 0.05) is 12.6 Å². The van der Waals surface area contributed by atoms with Crippen molar-refractivity contribution in [2.75, 3.05) is 6.54 Å². The molecule has 0 fully saturated rings. The highest BCUT2D eigenvalue weighted by Crippen LogP contribution is 2.25. The molecule has 0 heterocycles. The van der Waals surface area contributed by atoms with E-state index in [1.807, 2.05) is 58.0 Å². The predicted molar refractivity (Wildman–Crippen MR) is 150 cm³/mol. The van der Waals surface area contributed by atoms with E-state index in [-0.39, 0.29) is 23.8 Å². The zero-order valence-corrected chi connectivity index (χ0v) is 24.4. The van der Waals surface area contributed by atoms with E-state index in [4.69, 9.17) is 4.74 Å². The number of amides is 3. The second-order valence-electron chi connectivity index (χ2n) is 11.6. The number of alkyl carbamates (subject to hydrolysis) is 1. The van der Waals surface area contributed by atoms with Gasteiger partial charge in [-0.2, -0.15) is 0 Å². The zero-order valence-electron chi connectivity index (χ0n) is 24.4. The van der Waals surface area contributed by atoms with Crippen LogP contribution in [-0.2, 0) is 14.3 Å². The van der Waals surface area contributed by atoms with Gasteiger partial charge in [-0.05, 0) is 58.9 Å². The Morgan fingerprint density at radius 2 is 1.49 bits per heavy atom. The summed E-state index contributed by atoms with van der Waals surface area (Å²) in [5.41, 5.74) is 0.0674. The Kier molecular flexibility index (Phi) is 14.3. The number of unbranched alkanes of at least 4 members (excludes halogenated alkanes) is 5. The molecule has 0 aliphatic heterocycles. The van der Waals surface area contributed by atoms with Crippen molar-refractivity contribution in [1.29, 1.82) is 0 Å². The zero-order chi connectivity index (χ0) is 28.0. The van der Waals surface area contributed by atoms with Crippen LogP contribution in [0.25, 0.3) is 0 Å². The van der Waals surface area contributed by atoms with Gasteiger partial charge in [0.05, 0.1) is 0 Å². The van der Waals surface area contributed by atoms with Crippen LogP contribution in [0.2, 0.25) is 0 Å². The van der Waals surface area contributed by atoms with Crippen molar-refractivity contribution in [2.45, 2.75) is 124 Å². The average Bonchev–Trinajstić information content (AvgIpc) is 2.78. The van der Waals surface area contributed by atoms with Crippen molar-refractivity contribution in [2.24, 2.45) is 5.92 Å². The van der Waals surface area contributed by atoms with Crippen LogP contribution in [0.15, 0.2) is 30.3 Å². The average molecular weight is 518 g/mol. The van der Waals surface area contributed by atoms with Gasteiger partial charge in [-0.15, -0.1) is 0 Å². The van der Waals surface area contributed by atoms with Gasteiger partial charge in [0.25, 0.3) is 0 Å². The van der Waals surface area contributed by atoms with Crippen molar-refractivity contribution in [3.05, 3.63) is 35.9 Å². The van der Waals surface area contributed by atoms with E-state index < -0.39 is 23.8 Å². The Bertz CT molecular complexity index is 818. The first-order chi connectivity index (χ1) is 17.4. The number of rotatable bonds is 15. The molecule has 7 heteroatoms. The first-order valence-electron chi connectivity index (χ1n) is 14.0. The number of hydrogen-bond acceptors (Lipinski definition) is 4. The molecule has 1 aromatic carbocycles. The minimum absolute atomic E-state index is 0.0731. The standard InChI is InChI=1S/C30H51N3O4/c1-9-10-11-12-13-17-20-33(26(27(34)31-23(4)5)24-18-15-14-16-19-24)28(35)25(21-22(2)3)32-29(36)37-30(6,7)8/h14-16,18-19,22-23,25-26H,9-13,17,20-21H2,1-8H3,(H,31,34)(H,32,36). The van der Waals surface area contributed by atoms with Crippen LogP contribution in [0.1, 0.15) is 112 Å². The number of nitrogens with one attached hydrogen (secondary N) is 2. The fourth-order valence-corrected chi connectivity index (χ4v) is 4.24. The Morgan fingerprint density at radius 1 is 0.892 bits per heavy atom. The van der Waals surface area contributed by atoms with Gasteiger partial charge < -0.3 is 20.3 Å². The molecule has 7 nitrogen and oxygen atoms in total. The second-order valence-corrected chi connectivity index (χ2v) is 11.6. The van der Waals surface area contributed by atoms with Crippen LogP contribution in [0, 0.1) is 5.92 Å². The molecule has 3 amide bonds. The van der Waals surface area contributed by atoms with Gasteiger partial charge in [0.15, 0.2) is 0 Å². The highest BCUT2D eigenvalue weighted by molar-refractivity contribution is 5.92. The molecule has 0 aliphatic rings. The van der Waals surface area contributed by atoms with Crippen LogP contribution in [-0.4, -0.2) is 47.0 Å². The smallest absolute Gasteiger partial charge is 0.408 e. The molecule has 0 spiro atoms. The maximum absolute atomic E-state index is 14.1. The van der Waals surface area contributed by atoms with Gasteiger partial charge in [-0.25, -0.2) is 4.79 Å². The lowest BCUT2D eigenvalue weighted by molar-refractivity contribution is -0.143. The highest BCUT2D eigenvalue weighted by atomic mass is 16.6. The van der Waals surface area contributed by atoms with E-state index in [1.165, 1.54) is 12.8 Å².